The third-order valence-corrected chi connectivity index (χ3v) is 4.98. The fourth-order valence-corrected chi connectivity index (χ4v) is 3.49. The number of hydrogen-bond donors (Lipinski definition) is 1. The van der Waals surface area contributed by atoms with Crippen molar-refractivity contribution >= 4 is 5.91 Å². The summed E-state index contributed by atoms with van der Waals surface area (Å²) in [5.41, 5.74) is 0. The van der Waals surface area contributed by atoms with Crippen molar-refractivity contribution in [3.63, 3.8) is 0 Å². The molecule has 0 bridgehead atoms. The van der Waals surface area contributed by atoms with Gasteiger partial charge in [-0.1, -0.05) is 6.92 Å². The number of ether oxygens (including phenoxy) is 1. The molecule has 2 fully saturated rings. The van der Waals surface area contributed by atoms with Crippen molar-refractivity contribution in [3.8, 4) is 0 Å². The molecule has 1 aromatic heterocycles. The average molecular weight is 306 g/mol. The Labute approximate surface area is 131 Å². The molecule has 1 N–H and O–H groups in total. The molecule has 2 aliphatic rings. The van der Waals surface area contributed by atoms with Gasteiger partial charge in [0.2, 0.25) is 5.91 Å². The second-order valence-electron chi connectivity index (χ2n) is 6.42. The molecular formula is C16H26N4O2. The van der Waals surface area contributed by atoms with Gasteiger partial charge in [0.15, 0.2) is 5.82 Å². The number of hydrogen-bond acceptors (Lipinski definition) is 4. The van der Waals surface area contributed by atoms with Crippen LogP contribution in [0.15, 0.2) is 0 Å². The first-order valence-corrected chi connectivity index (χ1v) is 8.50. The number of piperidine rings is 1. The molecule has 2 atom stereocenters. The van der Waals surface area contributed by atoms with Gasteiger partial charge in [0, 0.05) is 32.0 Å². The van der Waals surface area contributed by atoms with Gasteiger partial charge < -0.3 is 9.64 Å². The molecule has 0 aliphatic carbocycles. The molecule has 0 aromatic carbocycles. The Morgan fingerprint density at radius 2 is 2.14 bits per heavy atom. The lowest BCUT2D eigenvalue weighted by Gasteiger charge is -2.36. The Bertz CT molecular complexity index is 508. The van der Waals surface area contributed by atoms with E-state index in [4.69, 9.17) is 4.74 Å². The predicted octanol–water partition coefficient (Wildman–Crippen LogP) is 1.89. The summed E-state index contributed by atoms with van der Waals surface area (Å²) in [5, 5.41) is 7.31. The maximum absolute atomic E-state index is 12.7. The summed E-state index contributed by atoms with van der Waals surface area (Å²) >= 11 is 0. The van der Waals surface area contributed by atoms with E-state index in [2.05, 4.69) is 22.1 Å². The normalized spacial score (nSPS) is 27.1. The molecule has 22 heavy (non-hydrogen) atoms. The van der Waals surface area contributed by atoms with Crippen molar-refractivity contribution in [1.82, 2.24) is 20.1 Å². The maximum atomic E-state index is 12.7. The van der Waals surface area contributed by atoms with Gasteiger partial charge in [-0.15, -0.1) is 0 Å². The zero-order valence-corrected chi connectivity index (χ0v) is 13.5. The number of aryl methyl sites for hydroxylation is 1. The van der Waals surface area contributed by atoms with Crippen molar-refractivity contribution in [2.45, 2.75) is 58.0 Å². The van der Waals surface area contributed by atoms with Crippen LogP contribution in [0.5, 0.6) is 0 Å². The fourth-order valence-electron chi connectivity index (χ4n) is 3.49. The van der Waals surface area contributed by atoms with E-state index in [1.165, 1.54) is 0 Å². The summed E-state index contributed by atoms with van der Waals surface area (Å²) in [5.74, 6) is 2.55. The molecule has 2 saturated heterocycles. The molecule has 0 radical (unpaired) electrons. The number of H-pyrrole nitrogens is 1. The van der Waals surface area contributed by atoms with Gasteiger partial charge in [-0.3, -0.25) is 9.89 Å². The largest absolute Gasteiger partial charge is 0.378 e. The number of nitrogens with zero attached hydrogens (tertiary/aromatic N) is 3. The molecular weight excluding hydrogens is 280 g/mol. The van der Waals surface area contributed by atoms with Crippen LogP contribution in [0.1, 0.15) is 57.1 Å². The maximum Gasteiger partial charge on any atom is 0.228 e. The third-order valence-electron chi connectivity index (χ3n) is 4.98. The van der Waals surface area contributed by atoms with Crippen LogP contribution in [0, 0.1) is 5.92 Å². The molecule has 2 aliphatic heterocycles. The van der Waals surface area contributed by atoms with Crippen molar-refractivity contribution in [1.29, 1.82) is 0 Å². The van der Waals surface area contributed by atoms with Crippen LogP contribution >= 0.6 is 0 Å². The number of carbonyl (C=O) groups is 1. The minimum atomic E-state index is 0.0421. The Morgan fingerprint density at radius 1 is 1.36 bits per heavy atom. The summed E-state index contributed by atoms with van der Waals surface area (Å²) in [6, 6.07) is 0. The molecule has 0 unspecified atom stereocenters. The molecule has 3 rings (SSSR count). The van der Waals surface area contributed by atoms with Gasteiger partial charge in [-0.05, 0) is 32.6 Å². The summed E-state index contributed by atoms with van der Waals surface area (Å²) < 4.78 is 5.64. The first-order valence-electron chi connectivity index (χ1n) is 8.50. The Morgan fingerprint density at radius 3 is 2.77 bits per heavy atom. The molecule has 6 heteroatoms. The zero-order chi connectivity index (χ0) is 15.5. The van der Waals surface area contributed by atoms with Crippen LogP contribution in [-0.4, -0.2) is 51.8 Å². The Balaban J connectivity index is 1.55. The minimum Gasteiger partial charge on any atom is -0.378 e. The van der Waals surface area contributed by atoms with Gasteiger partial charge >= 0.3 is 0 Å². The monoisotopic (exact) mass is 306 g/mol. The quantitative estimate of drug-likeness (QED) is 0.925. The smallest absolute Gasteiger partial charge is 0.228 e. The third kappa shape index (κ3) is 3.16. The van der Waals surface area contributed by atoms with Crippen LogP contribution in [0.3, 0.4) is 0 Å². The van der Waals surface area contributed by atoms with E-state index in [0.717, 1.165) is 63.4 Å². The second kappa shape index (κ2) is 6.77. The molecule has 0 saturated carbocycles. The van der Waals surface area contributed by atoms with Crippen molar-refractivity contribution < 1.29 is 9.53 Å². The van der Waals surface area contributed by atoms with Gasteiger partial charge in [-0.25, -0.2) is 4.98 Å². The molecule has 6 nitrogen and oxygen atoms in total. The highest BCUT2D eigenvalue weighted by Gasteiger charge is 2.34. The molecule has 122 valence electrons. The zero-order valence-electron chi connectivity index (χ0n) is 13.5. The van der Waals surface area contributed by atoms with E-state index in [1.807, 2.05) is 11.8 Å². The fraction of sp³-hybridized carbons (Fsp3) is 0.812. The van der Waals surface area contributed by atoms with Gasteiger partial charge in [0.1, 0.15) is 5.82 Å². The lowest BCUT2D eigenvalue weighted by molar-refractivity contribution is -0.145. The SMILES string of the molecule is CCc1nc(C2CCN(C(=O)[C@@H]3CCCO[C@H]3C)CC2)n[nH]1. The number of carbonyl (C=O) groups excluding carboxylic acids is 1. The van der Waals surface area contributed by atoms with E-state index in [-0.39, 0.29) is 17.9 Å². The highest BCUT2D eigenvalue weighted by atomic mass is 16.5. The lowest BCUT2D eigenvalue weighted by Crippen LogP contribution is -2.46. The Hall–Kier alpha value is -1.43. The van der Waals surface area contributed by atoms with Crippen molar-refractivity contribution in [2.75, 3.05) is 19.7 Å². The van der Waals surface area contributed by atoms with E-state index >= 15 is 0 Å². The number of amides is 1. The number of aromatic nitrogens is 3. The summed E-state index contributed by atoms with van der Waals surface area (Å²) in [6.07, 6.45) is 4.79. The van der Waals surface area contributed by atoms with Crippen molar-refractivity contribution in [2.24, 2.45) is 5.92 Å². The predicted molar refractivity (Wildman–Crippen MR) is 82.5 cm³/mol. The first-order chi connectivity index (χ1) is 10.7. The summed E-state index contributed by atoms with van der Waals surface area (Å²) in [4.78, 5) is 19.2. The van der Waals surface area contributed by atoms with Crippen LogP contribution in [0.25, 0.3) is 0 Å². The standard InChI is InChI=1S/C16H26N4O2/c1-3-14-17-15(19-18-14)12-6-8-20(9-7-12)16(21)13-5-4-10-22-11(13)2/h11-13H,3-10H2,1-2H3,(H,17,18,19)/t11-,13+/m0/s1. The van der Waals surface area contributed by atoms with Crippen LogP contribution < -0.4 is 0 Å². The van der Waals surface area contributed by atoms with Gasteiger partial charge in [0.05, 0.1) is 12.0 Å². The van der Waals surface area contributed by atoms with E-state index in [9.17, 15) is 4.79 Å². The second-order valence-corrected chi connectivity index (χ2v) is 6.42. The molecule has 1 amide bonds. The highest BCUT2D eigenvalue weighted by Crippen LogP contribution is 2.29. The summed E-state index contributed by atoms with van der Waals surface area (Å²) in [7, 11) is 0. The van der Waals surface area contributed by atoms with Gasteiger partial charge in [0.25, 0.3) is 0 Å². The number of aromatic amines is 1. The van der Waals surface area contributed by atoms with E-state index in [1.54, 1.807) is 0 Å². The van der Waals surface area contributed by atoms with Crippen molar-refractivity contribution in [3.05, 3.63) is 11.6 Å². The Kier molecular flexibility index (Phi) is 4.76. The average Bonchev–Trinajstić information content (AvgIpc) is 3.04. The summed E-state index contributed by atoms with van der Waals surface area (Å²) in [6.45, 7) is 6.50. The van der Waals surface area contributed by atoms with Gasteiger partial charge in [-0.2, -0.15) is 5.10 Å². The van der Waals surface area contributed by atoms with E-state index in [0.29, 0.717) is 5.92 Å². The topological polar surface area (TPSA) is 71.1 Å². The van der Waals surface area contributed by atoms with E-state index < -0.39 is 0 Å². The molecule has 0 spiro atoms. The van der Waals surface area contributed by atoms with Crippen LogP contribution in [0.4, 0.5) is 0 Å². The minimum absolute atomic E-state index is 0.0421. The number of rotatable bonds is 3. The molecule has 3 heterocycles. The number of likely N-dealkylation sites (tertiary alicyclic amines) is 1. The first kappa shape index (κ1) is 15.5. The lowest BCUT2D eigenvalue weighted by atomic mass is 9.91. The van der Waals surface area contributed by atoms with Crippen LogP contribution in [-0.2, 0) is 16.0 Å². The van der Waals surface area contributed by atoms with Crippen LogP contribution in [0.2, 0.25) is 0 Å². The molecule has 1 aromatic rings. The highest BCUT2D eigenvalue weighted by molar-refractivity contribution is 5.79. The number of nitrogens with one attached hydrogen (secondary N) is 1.